The molecule has 0 spiro atoms. The van der Waals surface area contributed by atoms with Crippen LogP contribution in [0.25, 0.3) is 0 Å². The normalized spacial score (nSPS) is 9.50. The van der Waals surface area contributed by atoms with E-state index in [-0.39, 0.29) is 5.91 Å². The van der Waals surface area contributed by atoms with E-state index >= 15 is 0 Å². The standard InChI is InChI=1S/C9H18N2O/c1-4-5-6-9(12)11-10-7-8(2)3/h10H,2,4-7H2,1,3H3,(H,11,12). The van der Waals surface area contributed by atoms with Crippen molar-refractivity contribution >= 4 is 5.91 Å². The molecule has 0 aliphatic rings. The van der Waals surface area contributed by atoms with Gasteiger partial charge >= 0.3 is 0 Å². The molecule has 70 valence electrons. The second-order valence-corrected chi connectivity index (χ2v) is 2.96. The minimum absolute atomic E-state index is 0.0538. The SMILES string of the molecule is C=C(C)CNNC(=O)CCCC. The summed E-state index contributed by atoms with van der Waals surface area (Å²) in [5.41, 5.74) is 6.40. The quantitative estimate of drug-likeness (QED) is 0.467. The largest absolute Gasteiger partial charge is 0.291 e. The van der Waals surface area contributed by atoms with Gasteiger partial charge in [0.15, 0.2) is 0 Å². The van der Waals surface area contributed by atoms with Crippen LogP contribution < -0.4 is 10.9 Å². The molecule has 0 saturated heterocycles. The highest BCUT2D eigenvalue weighted by Crippen LogP contribution is 1.91. The van der Waals surface area contributed by atoms with E-state index in [1.807, 2.05) is 6.92 Å². The fourth-order valence-electron chi connectivity index (χ4n) is 0.694. The lowest BCUT2D eigenvalue weighted by Gasteiger charge is -2.05. The van der Waals surface area contributed by atoms with E-state index < -0.39 is 0 Å². The molecule has 12 heavy (non-hydrogen) atoms. The molecule has 0 aliphatic carbocycles. The minimum Gasteiger partial charge on any atom is -0.291 e. The highest BCUT2D eigenvalue weighted by Gasteiger charge is 1.97. The topological polar surface area (TPSA) is 41.1 Å². The summed E-state index contributed by atoms with van der Waals surface area (Å²) in [5.74, 6) is 0.0538. The van der Waals surface area contributed by atoms with Gasteiger partial charge in [-0.3, -0.25) is 10.2 Å². The molecule has 0 saturated carbocycles. The number of carbonyl (C=O) groups is 1. The van der Waals surface area contributed by atoms with Gasteiger partial charge < -0.3 is 0 Å². The summed E-state index contributed by atoms with van der Waals surface area (Å²) < 4.78 is 0. The van der Waals surface area contributed by atoms with Crippen LogP contribution in [0.4, 0.5) is 0 Å². The van der Waals surface area contributed by atoms with Gasteiger partial charge in [0.25, 0.3) is 0 Å². The Bertz CT molecular complexity index is 155. The molecule has 0 unspecified atom stereocenters. The molecule has 0 rings (SSSR count). The van der Waals surface area contributed by atoms with Crippen LogP contribution >= 0.6 is 0 Å². The molecule has 0 aliphatic heterocycles. The summed E-state index contributed by atoms with van der Waals surface area (Å²) in [6, 6.07) is 0. The van der Waals surface area contributed by atoms with E-state index in [1.165, 1.54) is 0 Å². The molecular formula is C9H18N2O. The summed E-state index contributed by atoms with van der Waals surface area (Å²) >= 11 is 0. The molecule has 0 aromatic rings. The summed E-state index contributed by atoms with van der Waals surface area (Å²) in [5, 5.41) is 0. The van der Waals surface area contributed by atoms with Crippen LogP contribution in [0.5, 0.6) is 0 Å². The summed E-state index contributed by atoms with van der Waals surface area (Å²) in [4.78, 5) is 11.0. The van der Waals surface area contributed by atoms with Gasteiger partial charge in [-0.05, 0) is 13.3 Å². The lowest BCUT2D eigenvalue weighted by Crippen LogP contribution is -2.37. The number of nitrogens with one attached hydrogen (secondary N) is 2. The van der Waals surface area contributed by atoms with Gasteiger partial charge in [0, 0.05) is 13.0 Å². The molecule has 1 amide bonds. The van der Waals surface area contributed by atoms with Crippen molar-refractivity contribution in [3.63, 3.8) is 0 Å². The van der Waals surface area contributed by atoms with Crippen LogP contribution in [-0.2, 0) is 4.79 Å². The second-order valence-electron chi connectivity index (χ2n) is 2.96. The molecule has 0 atom stereocenters. The van der Waals surface area contributed by atoms with E-state index in [0.717, 1.165) is 18.4 Å². The van der Waals surface area contributed by atoms with Crippen molar-refractivity contribution < 1.29 is 4.79 Å². The first-order valence-electron chi connectivity index (χ1n) is 4.33. The van der Waals surface area contributed by atoms with Crippen LogP contribution in [0.2, 0.25) is 0 Å². The Balaban J connectivity index is 3.25. The number of amides is 1. The minimum atomic E-state index is 0.0538. The predicted molar refractivity (Wildman–Crippen MR) is 50.5 cm³/mol. The first-order valence-corrected chi connectivity index (χ1v) is 4.33. The van der Waals surface area contributed by atoms with Gasteiger partial charge in [0.05, 0.1) is 0 Å². The van der Waals surface area contributed by atoms with Crippen molar-refractivity contribution in [3.8, 4) is 0 Å². The van der Waals surface area contributed by atoms with Crippen molar-refractivity contribution in [1.82, 2.24) is 10.9 Å². The van der Waals surface area contributed by atoms with Crippen LogP contribution in [0.15, 0.2) is 12.2 Å². The van der Waals surface area contributed by atoms with Gasteiger partial charge in [-0.2, -0.15) is 0 Å². The van der Waals surface area contributed by atoms with Crippen LogP contribution in [0, 0.1) is 0 Å². The first-order chi connectivity index (χ1) is 5.66. The molecule has 0 heterocycles. The van der Waals surface area contributed by atoms with E-state index in [1.54, 1.807) is 0 Å². The Morgan fingerprint density at radius 1 is 1.50 bits per heavy atom. The zero-order valence-electron chi connectivity index (χ0n) is 7.94. The zero-order chi connectivity index (χ0) is 9.40. The van der Waals surface area contributed by atoms with Crippen molar-refractivity contribution in [2.45, 2.75) is 33.1 Å². The Kier molecular flexibility index (Phi) is 6.38. The first kappa shape index (κ1) is 11.2. The molecule has 0 aromatic carbocycles. The zero-order valence-corrected chi connectivity index (χ0v) is 7.94. The van der Waals surface area contributed by atoms with Crippen molar-refractivity contribution in [3.05, 3.63) is 12.2 Å². The van der Waals surface area contributed by atoms with Gasteiger partial charge in [0.1, 0.15) is 0 Å². The smallest absolute Gasteiger partial charge is 0.234 e. The van der Waals surface area contributed by atoms with Gasteiger partial charge in [-0.1, -0.05) is 25.5 Å². The number of hydrazine groups is 1. The van der Waals surface area contributed by atoms with Gasteiger partial charge in [0.2, 0.25) is 5.91 Å². The molecular weight excluding hydrogens is 152 g/mol. The van der Waals surface area contributed by atoms with E-state index in [4.69, 9.17) is 0 Å². The molecule has 3 heteroatoms. The molecule has 0 fully saturated rings. The average molecular weight is 170 g/mol. The maximum absolute atomic E-state index is 11.0. The maximum atomic E-state index is 11.0. The third-order valence-electron chi connectivity index (χ3n) is 1.38. The lowest BCUT2D eigenvalue weighted by molar-refractivity contribution is -0.122. The van der Waals surface area contributed by atoms with Crippen molar-refractivity contribution in [1.29, 1.82) is 0 Å². The Morgan fingerprint density at radius 3 is 2.67 bits per heavy atom. The highest BCUT2D eigenvalue weighted by molar-refractivity contribution is 5.75. The fraction of sp³-hybridized carbons (Fsp3) is 0.667. The number of unbranched alkanes of at least 4 members (excludes halogenated alkanes) is 1. The van der Waals surface area contributed by atoms with Gasteiger partial charge in [-0.15, -0.1) is 0 Å². The summed E-state index contributed by atoms with van der Waals surface area (Å²) in [7, 11) is 0. The van der Waals surface area contributed by atoms with E-state index in [0.29, 0.717) is 13.0 Å². The maximum Gasteiger partial charge on any atom is 0.234 e. The van der Waals surface area contributed by atoms with Crippen molar-refractivity contribution in [2.24, 2.45) is 0 Å². The molecule has 0 radical (unpaired) electrons. The molecule has 0 aromatic heterocycles. The predicted octanol–water partition coefficient (Wildman–Crippen LogP) is 1.37. The fourth-order valence-corrected chi connectivity index (χ4v) is 0.694. The van der Waals surface area contributed by atoms with Crippen LogP contribution in [0.1, 0.15) is 33.1 Å². The number of rotatable bonds is 6. The van der Waals surface area contributed by atoms with Crippen LogP contribution in [0.3, 0.4) is 0 Å². The number of hydrogen-bond acceptors (Lipinski definition) is 2. The van der Waals surface area contributed by atoms with Crippen LogP contribution in [-0.4, -0.2) is 12.5 Å². The summed E-state index contributed by atoms with van der Waals surface area (Å²) in [6.45, 7) is 8.31. The highest BCUT2D eigenvalue weighted by atomic mass is 16.2. The second kappa shape index (κ2) is 6.85. The molecule has 0 bridgehead atoms. The van der Waals surface area contributed by atoms with Crippen molar-refractivity contribution in [2.75, 3.05) is 6.54 Å². The van der Waals surface area contributed by atoms with E-state index in [2.05, 4.69) is 24.4 Å². The average Bonchev–Trinajstić information content (AvgIpc) is 2.00. The van der Waals surface area contributed by atoms with E-state index in [9.17, 15) is 4.79 Å². The Hall–Kier alpha value is -0.830. The molecule has 2 N–H and O–H groups in total. The van der Waals surface area contributed by atoms with Gasteiger partial charge in [-0.25, -0.2) is 5.43 Å². The number of hydrogen-bond donors (Lipinski definition) is 2. The number of carbonyl (C=O) groups excluding carboxylic acids is 1. The monoisotopic (exact) mass is 170 g/mol. The molecule has 3 nitrogen and oxygen atoms in total. The third kappa shape index (κ3) is 7.28. The summed E-state index contributed by atoms with van der Waals surface area (Å²) in [6.07, 6.45) is 2.59. The Morgan fingerprint density at radius 2 is 2.17 bits per heavy atom. The Labute approximate surface area is 74.2 Å². The third-order valence-corrected chi connectivity index (χ3v) is 1.38. The lowest BCUT2D eigenvalue weighted by atomic mass is 10.2.